The number of carbonyl (C=O) groups is 1. The molecule has 2 aromatic rings. The van der Waals surface area contributed by atoms with Crippen LogP contribution in [0.15, 0.2) is 54.6 Å². The Morgan fingerprint density at radius 2 is 1.72 bits per heavy atom. The van der Waals surface area contributed by atoms with Gasteiger partial charge in [-0.15, -0.1) is 0 Å². The summed E-state index contributed by atoms with van der Waals surface area (Å²) in [5, 5.41) is 3.10. The standard InChI is InChI=1S/C25H34N2O4S/c1-3-21-11-13-23(14-12-21)27(32(2,29)30)17-7-10-24(28)26-20-25(15-18-31-19-16-25)22-8-5-4-6-9-22/h4-6,8-9,11-14H,3,7,10,15-20H2,1-2H3,(H,26,28). The smallest absolute Gasteiger partial charge is 0.232 e. The average molecular weight is 459 g/mol. The van der Waals surface area contributed by atoms with E-state index in [1.54, 1.807) is 0 Å². The highest BCUT2D eigenvalue weighted by Crippen LogP contribution is 2.34. The Kier molecular flexibility index (Phi) is 8.32. The first kappa shape index (κ1) is 24.3. The summed E-state index contributed by atoms with van der Waals surface area (Å²) in [6, 6.07) is 17.8. The summed E-state index contributed by atoms with van der Waals surface area (Å²) in [4.78, 5) is 12.6. The molecule has 0 aromatic heterocycles. The summed E-state index contributed by atoms with van der Waals surface area (Å²) in [5.74, 6) is -0.0541. The number of hydrogen-bond donors (Lipinski definition) is 1. The van der Waals surface area contributed by atoms with E-state index in [-0.39, 0.29) is 24.3 Å². The second-order valence-corrected chi connectivity index (χ2v) is 10.4. The third-order valence-corrected chi connectivity index (χ3v) is 7.45. The zero-order valence-electron chi connectivity index (χ0n) is 19.0. The zero-order valence-corrected chi connectivity index (χ0v) is 19.9. The van der Waals surface area contributed by atoms with Crippen molar-refractivity contribution >= 4 is 21.6 Å². The molecular formula is C25H34N2O4S. The van der Waals surface area contributed by atoms with Crippen molar-refractivity contribution in [1.29, 1.82) is 0 Å². The van der Waals surface area contributed by atoms with Gasteiger partial charge >= 0.3 is 0 Å². The van der Waals surface area contributed by atoms with Crippen molar-refractivity contribution in [3.63, 3.8) is 0 Å². The van der Waals surface area contributed by atoms with E-state index in [1.165, 1.54) is 16.1 Å². The van der Waals surface area contributed by atoms with E-state index in [1.807, 2.05) is 42.5 Å². The fraction of sp³-hybridized carbons (Fsp3) is 0.480. The largest absolute Gasteiger partial charge is 0.381 e. The molecule has 0 aliphatic carbocycles. The first-order valence-corrected chi connectivity index (χ1v) is 13.2. The molecule has 6 nitrogen and oxygen atoms in total. The molecule has 0 bridgehead atoms. The van der Waals surface area contributed by atoms with Crippen molar-refractivity contribution < 1.29 is 17.9 Å². The molecule has 1 N–H and O–H groups in total. The van der Waals surface area contributed by atoms with E-state index in [0.29, 0.717) is 31.9 Å². The summed E-state index contributed by atoms with van der Waals surface area (Å²) in [6.07, 6.45) is 4.57. The number of nitrogens with one attached hydrogen (secondary N) is 1. The Hall–Kier alpha value is -2.38. The quantitative estimate of drug-likeness (QED) is 0.590. The number of anilines is 1. The van der Waals surface area contributed by atoms with Crippen LogP contribution in [0, 0.1) is 0 Å². The molecule has 2 aromatic carbocycles. The third-order valence-electron chi connectivity index (χ3n) is 6.26. The summed E-state index contributed by atoms with van der Waals surface area (Å²) in [7, 11) is -3.42. The minimum Gasteiger partial charge on any atom is -0.381 e. The normalized spacial score (nSPS) is 15.8. The second-order valence-electron chi connectivity index (χ2n) is 8.49. The maximum Gasteiger partial charge on any atom is 0.232 e. The molecule has 1 saturated heterocycles. The number of aryl methyl sites for hydroxylation is 1. The fourth-order valence-electron chi connectivity index (χ4n) is 4.25. The highest BCUT2D eigenvalue weighted by molar-refractivity contribution is 7.92. The van der Waals surface area contributed by atoms with Crippen molar-refractivity contribution in [3.05, 3.63) is 65.7 Å². The average Bonchev–Trinajstić information content (AvgIpc) is 2.81. The minimum absolute atomic E-state index is 0.0541. The molecule has 0 saturated carbocycles. The van der Waals surface area contributed by atoms with Crippen LogP contribution in [0.2, 0.25) is 0 Å². The van der Waals surface area contributed by atoms with E-state index in [2.05, 4.69) is 24.4 Å². The summed E-state index contributed by atoms with van der Waals surface area (Å²) < 4.78 is 31.5. The lowest BCUT2D eigenvalue weighted by atomic mass is 9.74. The van der Waals surface area contributed by atoms with Crippen molar-refractivity contribution in [2.24, 2.45) is 0 Å². The molecule has 1 aliphatic rings. The Balaban J connectivity index is 1.57. The van der Waals surface area contributed by atoms with Crippen LogP contribution in [-0.2, 0) is 31.4 Å². The SMILES string of the molecule is CCc1ccc(N(CCCC(=O)NCC2(c3ccccc3)CCOCC2)S(C)(=O)=O)cc1. The van der Waals surface area contributed by atoms with Gasteiger partial charge in [0.25, 0.3) is 0 Å². The van der Waals surface area contributed by atoms with E-state index in [9.17, 15) is 13.2 Å². The highest BCUT2D eigenvalue weighted by Gasteiger charge is 2.34. The first-order valence-electron chi connectivity index (χ1n) is 11.3. The molecule has 32 heavy (non-hydrogen) atoms. The molecule has 0 spiro atoms. The molecular weight excluding hydrogens is 424 g/mol. The number of hydrogen-bond acceptors (Lipinski definition) is 4. The highest BCUT2D eigenvalue weighted by atomic mass is 32.2. The van der Waals surface area contributed by atoms with Gasteiger partial charge in [-0.05, 0) is 48.9 Å². The summed E-state index contributed by atoms with van der Waals surface area (Å²) >= 11 is 0. The van der Waals surface area contributed by atoms with Crippen molar-refractivity contribution in [2.45, 2.75) is 44.4 Å². The Morgan fingerprint density at radius 3 is 2.31 bits per heavy atom. The fourth-order valence-corrected chi connectivity index (χ4v) is 5.21. The Bertz CT molecular complexity index is 969. The number of ether oxygens (including phenoxy) is 1. The molecule has 0 unspecified atom stereocenters. The maximum absolute atomic E-state index is 12.6. The van der Waals surface area contributed by atoms with Crippen LogP contribution < -0.4 is 9.62 Å². The van der Waals surface area contributed by atoms with Crippen molar-refractivity contribution in [2.75, 3.05) is 36.9 Å². The van der Waals surface area contributed by atoms with Crippen LogP contribution in [0.4, 0.5) is 5.69 Å². The van der Waals surface area contributed by atoms with E-state index in [4.69, 9.17) is 4.74 Å². The van der Waals surface area contributed by atoms with E-state index >= 15 is 0 Å². The second kappa shape index (κ2) is 11.0. The van der Waals surface area contributed by atoms with Crippen molar-refractivity contribution in [3.8, 4) is 0 Å². The summed E-state index contributed by atoms with van der Waals surface area (Å²) in [5.41, 5.74) is 2.90. The van der Waals surface area contributed by atoms with Gasteiger partial charge in [0.05, 0.1) is 11.9 Å². The monoisotopic (exact) mass is 458 g/mol. The van der Waals surface area contributed by atoms with E-state index < -0.39 is 10.0 Å². The lowest BCUT2D eigenvalue weighted by molar-refractivity contribution is -0.121. The van der Waals surface area contributed by atoms with Gasteiger partial charge in [0.1, 0.15) is 0 Å². The lowest BCUT2D eigenvalue weighted by Gasteiger charge is -2.38. The van der Waals surface area contributed by atoms with Crippen LogP contribution in [0.5, 0.6) is 0 Å². The third kappa shape index (κ3) is 6.33. The van der Waals surface area contributed by atoms with Crippen LogP contribution in [0.25, 0.3) is 0 Å². The molecule has 3 rings (SSSR count). The lowest BCUT2D eigenvalue weighted by Crippen LogP contribution is -2.44. The van der Waals surface area contributed by atoms with Gasteiger partial charge in [0, 0.05) is 38.1 Å². The minimum atomic E-state index is -3.42. The number of nitrogens with zero attached hydrogens (tertiary/aromatic N) is 1. The molecule has 0 radical (unpaired) electrons. The van der Waals surface area contributed by atoms with Gasteiger partial charge in [-0.1, -0.05) is 49.4 Å². The van der Waals surface area contributed by atoms with Gasteiger partial charge in [0.15, 0.2) is 0 Å². The predicted octanol–water partition coefficient (Wildman–Crippen LogP) is 3.66. The molecule has 0 atom stereocenters. The maximum atomic E-state index is 12.6. The van der Waals surface area contributed by atoms with Gasteiger partial charge in [-0.25, -0.2) is 8.42 Å². The Labute approximate surface area is 192 Å². The van der Waals surface area contributed by atoms with Crippen molar-refractivity contribution in [1.82, 2.24) is 5.32 Å². The predicted molar refractivity (Wildman–Crippen MR) is 128 cm³/mol. The topological polar surface area (TPSA) is 75.7 Å². The number of sulfonamides is 1. The van der Waals surface area contributed by atoms with Crippen LogP contribution in [0.1, 0.15) is 43.7 Å². The number of carbonyl (C=O) groups excluding carboxylic acids is 1. The van der Waals surface area contributed by atoms with Crippen LogP contribution in [0.3, 0.4) is 0 Å². The molecule has 1 aliphatic heterocycles. The number of amides is 1. The van der Waals surface area contributed by atoms with Gasteiger partial charge in [0.2, 0.25) is 15.9 Å². The van der Waals surface area contributed by atoms with Gasteiger partial charge in [-0.3, -0.25) is 9.10 Å². The van der Waals surface area contributed by atoms with E-state index in [0.717, 1.165) is 24.8 Å². The molecule has 1 heterocycles. The number of benzene rings is 2. The zero-order chi connectivity index (χ0) is 23.0. The first-order chi connectivity index (χ1) is 15.3. The summed E-state index contributed by atoms with van der Waals surface area (Å²) in [6.45, 7) is 4.27. The molecule has 1 fully saturated rings. The molecule has 7 heteroatoms. The Morgan fingerprint density at radius 1 is 1.06 bits per heavy atom. The van der Waals surface area contributed by atoms with Gasteiger partial charge < -0.3 is 10.1 Å². The number of rotatable bonds is 10. The molecule has 174 valence electrons. The van der Waals surface area contributed by atoms with Crippen LogP contribution >= 0.6 is 0 Å². The van der Waals surface area contributed by atoms with Gasteiger partial charge in [-0.2, -0.15) is 0 Å². The molecule has 1 amide bonds. The van der Waals surface area contributed by atoms with Crippen LogP contribution in [-0.4, -0.2) is 46.9 Å².